The van der Waals surface area contributed by atoms with Crippen molar-refractivity contribution >= 4 is 29.0 Å². The molecule has 0 spiro atoms. The highest BCUT2D eigenvalue weighted by Gasteiger charge is 2.24. The third-order valence-electron chi connectivity index (χ3n) is 2.21. The van der Waals surface area contributed by atoms with Gasteiger partial charge in [-0.15, -0.1) is 23.2 Å². The van der Waals surface area contributed by atoms with E-state index in [-0.39, 0.29) is 17.6 Å². The molecular weight excluding hydrogens is 252 g/mol. The highest BCUT2D eigenvalue weighted by atomic mass is 35.5. The molecule has 0 bridgehead atoms. The van der Waals surface area contributed by atoms with Gasteiger partial charge in [-0.2, -0.15) is 0 Å². The summed E-state index contributed by atoms with van der Waals surface area (Å²) in [6, 6.07) is 0. The minimum Gasteiger partial charge on any atom is -0.360 e. The molecule has 16 heavy (non-hydrogen) atoms. The summed E-state index contributed by atoms with van der Waals surface area (Å²) in [5.41, 5.74) is -0.201. The van der Waals surface area contributed by atoms with Crippen molar-refractivity contribution in [3.05, 3.63) is 17.8 Å². The van der Waals surface area contributed by atoms with Crippen molar-refractivity contribution in [2.45, 2.75) is 25.8 Å². The molecule has 0 saturated heterocycles. The Kier molecular flexibility index (Phi) is 4.74. The first kappa shape index (κ1) is 13.5. The molecule has 0 amide bonds. The van der Waals surface area contributed by atoms with Crippen LogP contribution in [0.5, 0.6) is 0 Å². The number of aryl methyl sites for hydroxylation is 1. The number of aromatic nitrogens is 2. The second-order valence-corrected chi connectivity index (χ2v) is 4.32. The fraction of sp³-hybridized carbons (Fsp3) is 0.600. The van der Waals surface area contributed by atoms with Crippen molar-refractivity contribution in [2.24, 2.45) is 0 Å². The lowest BCUT2D eigenvalue weighted by atomic mass is 10.1. The van der Waals surface area contributed by atoms with Gasteiger partial charge in [-0.1, -0.05) is 6.92 Å². The number of alkyl halides is 2. The second kappa shape index (κ2) is 5.64. The van der Waals surface area contributed by atoms with E-state index in [9.17, 15) is 4.39 Å². The molecule has 0 aliphatic carbocycles. The van der Waals surface area contributed by atoms with E-state index in [0.717, 1.165) is 0 Å². The van der Waals surface area contributed by atoms with Crippen LogP contribution in [0.2, 0.25) is 0 Å². The molecule has 90 valence electrons. The fourth-order valence-electron chi connectivity index (χ4n) is 1.13. The van der Waals surface area contributed by atoms with Crippen LogP contribution >= 0.6 is 23.2 Å². The molecule has 0 aromatic carbocycles. The number of hydrogen-bond donors (Lipinski definition) is 1. The Morgan fingerprint density at radius 1 is 1.38 bits per heavy atom. The largest absolute Gasteiger partial charge is 0.360 e. The monoisotopic (exact) mass is 265 g/mol. The summed E-state index contributed by atoms with van der Waals surface area (Å²) in [7, 11) is 0. The van der Waals surface area contributed by atoms with Gasteiger partial charge >= 0.3 is 0 Å². The molecule has 0 radical (unpaired) electrons. The molecule has 1 heterocycles. The molecule has 0 saturated carbocycles. The van der Waals surface area contributed by atoms with E-state index < -0.39 is 11.4 Å². The summed E-state index contributed by atoms with van der Waals surface area (Å²) < 4.78 is 13.8. The second-order valence-electron chi connectivity index (χ2n) is 3.79. The maximum absolute atomic E-state index is 13.8. The van der Waals surface area contributed by atoms with Crippen LogP contribution in [0.15, 0.2) is 6.33 Å². The van der Waals surface area contributed by atoms with Crippen molar-refractivity contribution in [1.29, 1.82) is 0 Å². The molecule has 1 N–H and O–H groups in total. The Bertz CT molecular complexity index is 356. The SMILES string of the molecule is CCc1ncnc(NC(C)(CCl)CCl)c1F. The molecule has 0 aliphatic rings. The fourth-order valence-corrected chi connectivity index (χ4v) is 1.55. The van der Waals surface area contributed by atoms with Crippen LogP contribution in [0.1, 0.15) is 19.5 Å². The van der Waals surface area contributed by atoms with Gasteiger partial charge in [-0.05, 0) is 13.3 Å². The third kappa shape index (κ3) is 2.95. The van der Waals surface area contributed by atoms with Crippen molar-refractivity contribution in [2.75, 3.05) is 17.1 Å². The van der Waals surface area contributed by atoms with Gasteiger partial charge in [-0.3, -0.25) is 0 Å². The number of halogens is 3. The minimum absolute atomic E-state index is 0.149. The van der Waals surface area contributed by atoms with Crippen LogP contribution in [0.3, 0.4) is 0 Å². The van der Waals surface area contributed by atoms with E-state index >= 15 is 0 Å². The standard InChI is InChI=1S/C10H14Cl2FN3/c1-3-7-8(13)9(15-6-14-7)16-10(2,4-11)5-12/h6H,3-5H2,1-2H3,(H,14,15,16). The zero-order valence-corrected chi connectivity index (χ0v) is 10.7. The quantitative estimate of drug-likeness (QED) is 0.833. The Labute approximate surface area is 104 Å². The Morgan fingerprint density at radius 2 is 2.00 bits per heavy atom. The van der Waals surface area contributed by atoms with Crippen LogP contribution in [0.25, 0.3) is 0 Å². The Balaban J connectivity index is 2.97. The van der Waals surface area contributed by atoms with E-state index in [1.54, 1.807) is 6.92 Å². The molecule has 0 atom stereocenters. The molecule has 1 aromatic rings. The Hall–Kier alpha value is -0.610. The average molecular weight is 266 g/mol. The van der Waals surface area contributed by atoms with Gasteiger partial charge in [0.05, 0.1) is 11.2 Å². The van der Waals surface area contributed by atoms with Gasteiger partial charge < -0.3 is 5.32 Å². The lowest BCUT2D eigenvalue weighted by Gasteiger charge is -2.26. The van der Waals surface area contributed by atoms with E-state index in [2.05, 4.69) is 15.3 Å². The number of rotatable bonds is 5. The maximum atomic E-state index is 13.8. The normalized spacial score (nSPS) is 11.6. The summed E-state index contributed by atoms with van der Waals surface area (Å²) in [6.45, 7) is 3.64. The van der Waals surface area contributed by atoms with Gasteiger partial charge in [0, 0.05) is 11.8 Å². The zero-order valence-electron chi connectivity index (χ0n) is 9.23. The first-order chi connectivity index (χ1) is 7.56. The number of nitrogens with one attached hydrogen (secondary N) is 1. The van der Waals surface area contributed by atoms with Gasteiger partial charge in [0.15, 0.2) is 11.6 Å². The number of hydrogen-bond acceptors (Lipinski definition) is 3. The van der Waals surface area contributed by atoms with Gasteiger partial charge in [0.25, 0.3) is 0 Å². The molecule has 1 aromatic heterocycles. The molecule has 6 heteroatoms. The van der Waals surface area contributed by atoms with Crippen LogP contribution in [0, 0.1) is 5.82 Å². The average Bonchev–Trinajstić information content (AvgIpc) is 2.32. The zero-order chi connectivity index (χ0) is 12.2. The topological polar surface area (TPSA) is 37.8 Å². The molecule has 0 fully saturated rings. The summed E-state index contributed by atoms with van der Waals surface area (Å²) in [5.74, 6) is 0.241. The van der Waals surface area contributed by atoms with Crippen molar-refractivity contribution in [3.63, 3.8) is 0 Å². The lowest BCUT2D eigenvalue weighted by molar-refractivity contribution is 0.577. The predicted octanol–water partition coefficient (Wildman–Crippen LogP) is 2.83. The highest BCUT2D eigenvalue weighted by molar-refractivity contribution is 6.22. The smallest absolute Gasteiger partial charge is 0.186 e. The van der Waals surface area contributed by atoms with Crippen molar-refractivity contribution in [3.8, 4) is 0 Å². The highest BCUT2D eigenvalue weighted by Crippen LogP contribution is 2.20. The number of nitrogens with zero attached hydrogens (tertiary/aromatic N) is 2. The minimum atomic E-state index is -0.580. The summed E-state index contributed by atoms with van der Waals surface area (Å²) in [4.78, 5) is 7.70. The van der Waals surface area contributed by atoms with Crippen LogP contribution < -0.4 is 5.32 Å². The summed E-state index contributed by atoms with van der Waals surface area (Å²) >= 11 is 11.5. The van der Waals surface area contributed by atoms with E-state index in [1.807, 2.05) is 6.92 Å². The van der Waals surface area contributed by atoms with Crippen LogP contribution in [-0.4, -0.2) is 27.3 Å². The van der Waals surface area contributed by atoms with E-state index in [0.29, 0.717) is 12.1 Å². The third-order valence-corrected chi connectivity index (χ3v) is 3.39. The lowest BCUT2D eigenvalue weighted by Crippen LogP contribution is -2.39. The summed E-state index contributed by atoms with van der Waals surface area (Å²) in [6.07, 6.45) is 1.84. The molecule has 0 aliphatic heterocycles. The van der Waals surface area contributed by atoms with Gasteiger partial charge in [0.2, 0.25) is 0 Å². The summed E-state index contributed by atoms with van der Waals surface area (Å²) in [5, 5.41) is 2.91. The molecule has 1 rings (SSSR count). The van der Waals surface area contributed by atoms with E-state index in [1.165, 1.54) is 6.33 Å². The van der Waals surface area contributed by atoms with Crippen LogP contribution in [-0.2, 0) is 6.42 Å². The number of anilines is 1. The first-order valence-corrected chi connectivity index (χ1v) is 6.02. The van der Waals surface area contributed by atoms with Gasteiger partial charge in [0.1, 0.15) is 6.33 Å². The molecular formula is C10H14Cl2FN3. The van der Waals surface area contributed by atoms with E-state index in [4.69, 9.17) is 23.2 Å². The molecule has 3 nitrogen and oxygen atoms in total. The first-order valence-electron chi connectivity index (χ1n) is 4.95. The molecule has 0 unspecified atom stereocenters. The maximum Gasteiger partial charge on any atom is 0.186 e. The van der Waals surface area contributed by atoms with Gasteiger partial charge in [-0.25, -0.2) is 14.4 Å². The predicted molar refractivity (Wildman–Crippen MR) is 64.8 cm³/mol. The van der Waals surface area contributed by atoms with Crippen LogP contribution in [0.4, 0.5) is 10.2 Å². The van der Waals surface area contributed by atoms with Crippen molar-refractivity contribution < 1.29 is 4.39 Å². The Morgan fingerprint density at radius 3 is 2.50 bits per heavy atom. The van der Waals surface area contributed by atoms with Crippen molar-refractivity contribution in [1.82, 2.24) is 9.97 Å².